The summed E-state index contributed by atoms with van der Waals surface area (Å²) < 4.78 is 62.7. The van der Waals surface area contributed by atoms with Gasteiger partial charge in [-0.3, -0.25) is 14.6 Å². The Morgan fingerprint density at radius 1 is 1.00 bits per heavy atom. The maximum atomic E-state index is 13.5. The van der Waals surface area contributed by atoms with Crippen LogP contribution in [0.3, 0.4) is 0 Å². The molecule has 1 unspecified atom stereocenters. The molecule has 0 spiro atoms. The van der Waals surface area contributed by atoms with Crippen molar-refractivity contribution in [1.82, 2.24) is 15.3 Å². The second kappa shape index (κ2) is 15.6. The van der Waals surface area contributed by atoms with E-state index in [2.05, 4.69) is 20.7 Å². The highest BCUT2D eigenvalue weighted by Crippen LogP contribution is 2.43. The van der Waals surface area contributed by atoms with Gasteiger partial charge in [0.15, 0.2) is 0 Å². The number of anilines is 1. The van der Waals surface area contributed by atoms with Gasteiger partial charge in [-0.2, -0.15) is 18.2 Å². The number of pyridine rings is 1. The number of allylic oxidation sites excluding steroid dienone is 1. The van der Waals surface area contributed by atoms with E-state index in [4.69, 9.17) is 23.9 Å². The molecular weight excluding hydrogens is 719 g/mol. The fourth-order valence-electron chi connectivity index (χ4n) is 7.43. The number of carbonyl (C=O) groups excluding carboxylic acids is 2. The first kappa shape index (κ1) is 37.7. The fourth-order valence-corrected chi connectivity index (χ4v) is 7.43. The Morgan fingerprint density at radius 3 is 2.64 bits per heavy atom. The van der Waals surface area contributed by atoms with Crippen molar-refractivity contribution in [2.24, 2.45) is 15.9 Å². The van der Waals surface area contributed by atoms with E-state index >= 15 is 0 Å². The third kappa shape index (κ3) is 7.57. The van der Waals surface area contributed by atoms with E-state index in [-0.39, 0.29) is 52.8 Å². The van der Waals surface area contributed by atoms with Crippen molar-refractivity contribution in [3.8, 4) is 17.2 Å². The third-order valence-electron chi connectivity index (χ3n) is 10.3. The number of amides is 2. The smallest absolute Gasteiger partial charge is 0.416 e. The van der Waals surface area contributed by atoms with Gasteiger partial charge in [0, 0.05) is 55.4 Å². The number of fused-ring (bicyclic) bond motifs is 2. The van der Waals surface area contributed by atoms with E-state index in [1.54, 1.807) is 44.8 Å². The van der Waals surface area contributed by atoms with Crippen LogP contribution in [-0.4, -0.2) is 85.5 Å². The monoisotopic (exact) mass is 760 g/mol. The average molecular weight is 761 g/mol. The van der Waals surface area contributed by atoms with Crippen molar-refractivity contribution in [2.75, 3.05) is 46.4 Å². The van der Waals surface area contributed by atoms with Gasteiger partial charge in [0.05, 0.1) is 45.3 Å². The van der Waals surface area contributed by atoms with Crippen LogP contribution in [0.2, 0.25) is 0 Å². The van der Waals surface area contributed by atoms with Crippen LogP contribution in [0.4, 0.5) is 19.0 Å². The number of ether oxygens (including phenoxy) is 4. The fraction of sp³-hybridized carbons (Fsp3) is 0.359. The van der Waals surface area contributed by atoms with E-state index in [1.807, 2.05) is 23.2 Å². The van der Waals surface area contributed by atoms with Crippen LogP contribution in [-0.2, 0) is 22.3 Å². The van der Waals surface area contributed by atoms with Crippen molar-refractivity contribution in [1.29, 1.82) is 0 Å². The van der Waals surface area contributed by atoms with E-state index in [0.717, 1.165) is 54.5 Å². The molecule has 2 fully saturated rings. The van der Waals surface area contributed by atoms with Crippen LogP contribution in [0.15, 0.2) is 88.5 Å². The lowest BCUT2D eigenvalue weighted by Gasteiger charge is -2.36. The number of carbonyl (C=O) groups is 2. The van der Waals surface area contributed by atoms with Crippen molar-refractivity contribution in [2.45, 2.75) is 44.4 Å². The summed E-state index contributed by atoms with van der Waals surface area (Å²) in [4.78, 5) is 42.1. The lowest BCUT2D eigenvalue weighted by Crippen LogP contribution is -2.56. The third-order valence-corrected chi connectivity index (χ3v) is 10.3. The SMILES string of the molecule is COCCOc1cc(C(=O)Nc2cc(C(F)(F)F)ccn2)ccc1C1=NC([C@@H]2CC[C@H]3CCC(=O)N3C2)=C2C=NC=C[N+]12NCc1ccc(OC)cc1OC. The zero-order valence-corrected chi connectivity index (χ0v) is 30.6. The summed E-state index contributed by atoms with van der Waals surface area (Å²) >= 11 is 0. The molecule has 0 radical (unpaired) electrons. The van der Waals surface area contributed by atoms with Crippen LogP contribution in [0.25, 0.3) is 0 Å². The number of nitrogens with zero attached hydrogens (tertiary/aromatic N) is 5. The highest BCUT2D eigenvalue weighted by molar-refractivity contribution is 6.07. The number of aliphatic imine (C=N–C) groups is 2. The number of hydrogen-bond acceptors (Lipinski definition) is 10. The predicted octanol–water partition coefficient (Wildman–Crippen LogP) is 5.85. The summed E-state index contributed by atoms with van der Waals surface area (Å²) in [6.07, 6.45) is 4.79. The number of hydrogen-bond donors (Lipinski definition) is 2. The van der Waals surface area contributed by atoms with Crippen molar-refractivity contribution in [3.63, 3.8) is 0 Å². The zero-order valence-electron chi connectivity index (χ0n) is 30.6. The number of quaternary nitrogens is 1. The number of aromatic nitrogens is 1. The van der Waals surface area contributed by atoms with Gasteiger partial charge in [0.25, 0.3) is 11.7 Å². The van der Waals surface area contributed by atoms with Crippen LogP contribution in [0.5, 0.6) is 17.2 Å². The number of halogens is 3. The first-order valence-electron chi connectivity index (χ1n) is 17.8. The molecule has 13 nitrogen and oxygen atoms in total. The minimum atomic E-state index is -4.61. The normalized spacial score (nSPS) is 21.7. The number of methoxy groups -OCH3 is 3. The second-order valence-corrected chi connectivity index (χ2v) is 13.5. The number of benzene rings is 2. The molecule has 2 saturated heterocycles. The molecule has 3 aromatic rings. The molecule has 3 atom stereocenters. The van der Waals surface area contributed by atoms with E-state index < -0.39 is 17.6 Å². The van der Waals surface area contributed by atoms with Crippen LogP contribution < -0.4 is 25.0 Å². The van der Waals surface area contributed by atoms with Gasteiger partial charge in [0.1, 0.15) is 47.1 Å². The highest BCUT2D eigenvalue weighted by Gasteiger charge is 2.51. The molecule has 16 heteroatoms. The molecular formula is C39H41F3N7O6+. The summed E-state index contributed by atoms with van der Waals surface area (Å²) in [7, 11) is 4.71. The Morgan fingerprint density at radius 2 is 1.85 bits per heavy atom. The first-order valence-corrected chi connectivity index (χ1v) is 17.8. The maximum absolute atomic E-state index is 13.5. The van der Waals surface area contributed by atoms with Gasteiger partial charge in [-0.15, -0.1) is 10.0 Å². The Kier molecular flexibility index (Phi) is 10.7. The largest absolute Gasteiger partial charge is 0.497 e. The number of rotatable bonds is 13. The lowest BCUT2D eigenvalue weighted by atomic mass is 9.90. The van der Waals surface area contributed by atoms with Gasteiger partial charge in [-0.25, -0.2) is 4.98 Å². The van der Waals surface area contributed by atoms with Crippen LogP contribution >= 0.6 is 0 Å². The molecule has 2 amide bonds. The highest BCUT2D eigenvalue weighted by atomic mass is 19.4. The molecule has 55 heavy (non-hydrogen) atoms. The van der Waals surface area contributed by atoms with E-state index in [0.29, 0.717) is 42.4 Å². The topological polar surface area (TPSA) is 136 Å². The molecule has 288 valence electrons. The Labute approximate surface area is 315 Å². The summed E-state index contributed by atoms with van der Waals surface area (Å²) in [5, 5.41) is 2.47. The molecule has 0 bridgehead atoms. The van der Waals surface area contributed by atoms with Gasteiger partial charge in [-0.05, 0) is 55.7 Å². The van der Waals surface area contributed by atoms with Gasteiger partial charge < -0.3 is 29.2 Å². The van der Waals surface area contributed by atoms with Crippen molar-refractivity contribution in [3.05, 3.63) is 101 Å². The van der Waals surface area contributed by atoms with Crippen molar-refractivity contribution < 1.29 is 46.3 Å². The molecule has 7 rings (SSSR count). The van der Waals surface area contributed by atoms with Gasteiger partial charge in [0.2, 0.25) is 11.6 Å². The standard InChI is InChI=1S/C39H40F3N7O6/c1-52-16-17-55-33-18-24(38(51)46-34-19-27(12-13-44-34)39(40,41)42)6-10-30(33)37-47-36(26-4-7-28-8-11-35(50)48(28)23-26)31-22-43-14-15-49(31,37)45-21-25-5-9-29(53-2)20-32(25)54-3/h5-6,9-10,12-15,18-20,22,26,28,45H,4,7-8,11,16-17,21,23H2,1-3H3/p+1/t26-,28+,49?/m1/s1. The number of piperidine rings is 1. The summed E-state index contributed by atoms with van der Waals surface area (Å²) in [5.41, 5.74) is 5.79. The van der Waals surface area contributed by atoms with E-state index in [9.17, 15) is 22.8 Å². The summed E-state index contributed by atoms with van der Waals surface area (Å²) in [6.45, 7) is 1.20. The molecule has 2 N–H and O–H groups in total. The van der Waals surface area contributed by atoms with Gasteiger partial charge in [-0.1, -0.05) is 6.07 Å². The molecule has 0 aliphatic carbocycles. The van der Waals surface area contributed by atoms with Gasteiger partial charge >= 0.3 is 6.18 Å². The quantitative estimate of drug-likeness (QED) is 0.164. The van der Waals surface area contributed by atoms with Crippen molar-refractivity contribution >= 4 is 29.7 Å². The summed E-state index contributed by atoms with van der Waals surface area (Å²) in [5.74, 6) is 1.19. The van der Waals surface area contributed by atoms with E-state index in [1.165, 1.54) is 13.2 Å². The number of amidine groups is 1. The average Bonchev–Trinajstić information content (AvgIpc) is 3.74. The minimum Gasteiger partial charge on any atom is -0.497 e. The summed E-state index contributed by atoms with van der Waals surface area (Å²) in [6, 6.07) is 12.2. The zero-order chi connectivity index (χ0) is 38.7. The Balaban J connectivity index is 1.29. The Hall–Kier alpha value is -5.58. The lowest BCUT2D eigenvalue weighted by molar-refractivity contribution is -0.791. The number of alkyl halides is 3. The van der Waals surface area contributed by atoms with Crippen LogP contribution in [0.1, 0.15) is 52.7 Å². The molecule has 4 aliphatic heterocycles. The molecule has 1 aromatic heterocycles. The number of nitrogens with one attached hydrogen (secondary N) is 2. The molecule has 5 heterocycles. The molecule has 4 aliphatic rings. The molecule has 2 aromatic carbocycles. The maximum Gasteiger partial charge on any atom is 0.416 e. The van der Waals surface area contributed by atoms with Crippen LogP contribution in [0, 0.1) is 5.92 Å². The predicted molar refractivity (Wildman–Crippen MR) is 196 cm³/mol. The Bertz CT molecular complexity index is 2100. The second-order valence-electron chi connectivity index (χ2n) is 13.5. The first-order chi connectivity index (χ1) is 26.5. The minimum absolute atomic E-state index is 0.0811. The molecule has 0 saturated carbocycles.